The first-order valence-corrected chi connectivity index (χ1v) is 22.4. The summed E-state index contributed by atoms with van der Waals surface area (Å²) < 4.78 is 137. The molecule has 4 aromatic rings. The number of fused-ring (bicyclic) bond motifs is 1. The van der Waals surface area contributed by atoms with Crippen molar-refractivity contribution < 1.29 is 243 Å². The summed E-state index contributed by atoms with van der Waals surface area (Å²) in [6.07, 6.45) is 0. The van der Waals surface area contributed by atoms with Crippen molar-refractivity contribution in [2.75, 3.05) is 30.5 Å². The molecule has 64 heavy (non-hydrogen) atoms. The molecule has 26 nitrogen and oxygen atoms in total. The Morgan fingerprint density at radius 1 is 0.734 bits per heavy atom. The Kier molecular flexibility index (Phi) is 30.8. The number of nitrogen functional groups attached to an aromatic ring is 1. The fourth-order valence-corrected chi connectivity index (χ4v) is 8.71. The molecule has 0 saturated carbocycles. The van der Waals surface area contributed by atoms with Crippen LogP contribution < -0.4 is 169 Å². The topological polar surface area (TPSA) is 420 Å². The van der Waals surface area contributed by atoms with Crippen molar-refractivity contribution in [3.8, 4) is 5.75 Å². The van der Waals surface area contributed by atoms with E-state index in [2.05, 4.69) is 47.6 Å². The van der Waals surface area contributed by atoms with Gasteiger partial charge in [-0.15, -0.1) is 19.7 Å². The molecular formula is C27H20N5Na5O21S6. The number of hydrogen-bond donors (Lipinski definition) is 2. The van der Waals surface area contributed by atoms with Crippen LogP contribution in [0.5, 0.6) is 5.75 Å². The molecule has 0 atom stereocenters. The van der Waals surface area contributed by atoms with Crippen LogP contribution in [-0.4, -0.2) is 78.6 Å². The van der Waals surface area contributed by atoms with Crippen LogP contribution >= 0.6 is 24.4 Å². The van der Waals surface area contributed by atoms with Gasteiger partial charge in [-0.3, -0.25) is 18.4 Å². The van der Waals surface area contributed by atoms with Gasteiger partial charge in [0.1, 0.15) is 21.5 Å². The van der Waals surface area contributed by atoms with Crippen LogP contribution in [0.1, 0.15) is 10.4 Å². The Morgan fingerprint density at radius 3 is 1.91 bits per heavy atom. The molecule has 0 aliphatic heterocycles. The van der Waals surface area contributed by atoms with E-state index in [0.29, 0.717) is 6.07 Å². The van der Waals surface area contributed by atoms with Crippen molar-refractivity contribution in [1.82, 2.24) is 0 Å². The monoisotopic (exact) mass is 1060 g/mol. The molecule has 0 bridgehead atoms. The third kappa shape index (κ3) is 19.0. The average molecular weight is 1060 g/mol. The second-order valence-electron chi connectivity index (χ2n) is 10.7. The summed E-state index contributed by atoms with van der Waals surface area (Å²) in [6, 6.07) is 8.30. The number of benzene rings is 4. The molecule has 0 amide bonds. The average Bonchev–Trinajstić information content (AvgIpc) is 3.15. The number of nitrogens with zero attached hydrogens (tertiary/aromatic N) is 4. The van der Waals surface area contributed by atoms with Gasteiger partial charge in [-0.2, -0.15) is 9.45 Å². The second kappa shape index (κ2) is 29.6. The number of hydrogen-bond acceptors (Lipinski definition) is 28. The van der Waals surface area contributed by atoms with Gasteiger partial charge in [0.25, 0.3) is 0 Å². The SMILES string of the molecule is Nc1c(N=Nc2cccc(S(=O)(=O)CCOS(=O)(=O)[O-])c2)c(S(=O)(=O)[O-])cc2cc(SOO[O-])c(N=Nc3cc(S(=O)(=O)CCOSOO[O-])ccc3C(=O)[O-])c(O)c12.[Na+].[Na+].[Na+].[Na+].[Na+]. The van der Waals surface area contributed by atoms with Gasteiger partial charge in [-0.05, 0) is 53.9 Å². The van der Waals surface area contributed by atoms with Crippen LogP contribution in [0, 0.1) is 0 Å². The van der Waals surface area contributed by atoms with Crippen molar-refractivity contribution in [2.45, 2.75) is 19.6 Å². The maximum absolute atomic E-state index is 12.9. The number of sulfone groups is 2. The standard InChI is InChI=1S/C27H25N5O21S6.5Na/c28-23-22-14(11-21(58(42,43)44)25(23)32-29-15-2-1-3-16(12-15)57(40,41)9-7-49-59(45,46)47)10-20(54-52-50-36)24(26(22)33)31-30-19-13-17(4-5-18(19)27(34)35)56(38,39)8-6-48-55-53-51-37;;;;;/h1-5,10-13,33,36-37H,6-9,28H2,(H,34,35)(H,42,43,44)(H,45,46,47);;;;;/q;5*+1/p-5. The predicted octanol–water partition coefficient (Wildman–Crippen LogP) is -14.7. The molecule has 0 heterocycles. The molecule has 0 spiro atoms. The number of aromatic hydroxyl groups is 1. The Hall–Kier alpha value is 0.510. The van der Waals surface area contributed by atoms with E-state index in [9.17, 15) is 68.3 Å². The molecule has 0 radical (unpaired) electrons. The van der Waals surface area contributed by atoms with Crippen molar-refractivity contribution in [2.24, 2.45) is 20.5 Å². The minimum atomic E-state index is -5.49. The van der Waals surface area contributed by atoms with Gasteiger partial charge in [0, 0.05) is 5.56 Å². The zero-order valence-electron chi connectivity index (χ0n) is 33.5. The Bertz CT molecular complexity index is 2780. The predicted molar refractivity (Wildman–Crippen MR) is 187 cm³/mol. The molecule has 3 N–H and O–H groups in total. The van der Waals surface area contributed by atoms with E-state index in [1.807, 2.05) is 0 Å². The fraction of sp³-hybridized carbons (Fsp3) is 0.148. The number of phenols is 1. The van der Waals surface area contributed by atoms with E-state index in [1.54, 1.807) is 0 Å². The van der Waals surface area contributed by atoms with Crippen molar-refractivity contribution in [1.29, 1.82) is 0 Å². The first-order valence-electron chi connectivity index (χ1n) is 14.9. The van der Waals surface area contributed by atoms with Crippen molar-refractivity contribution >= 4 is 110 Å². The normalized spacial score (nSPS) is 11.9. The Morgan fingerprint density at radius 2 is 1.33 bits per heavy atom. The summed E-state index contributed by atoms with van der Waals surface area (Å²) in [6.45, 7) is -1.58. The first kappa shape index (κ1) is 66.6. The molecule has 4 rings (SSSR count). The molecular weight excluding hydrogens is 1040 g/mol. The van der Waals surface area contributed by atoms with Crippen LogP contribution in [0.3, 0.4) is 0 Å². The van der Waals surface area contributed by atoms with Gasteiger partial charge >= 0.3 is 148 Å². The largest absolute Gasteiger partial charge is 1.00 e. The van der Waals surface area contributed by atoms with Crippen molar-refractivity contribution in [3.63, 3.8) is 0 Å². The molecule has 0 unspecified atom stereocenters. The maximum atomic E-state index is 12.9. The zero-order valence-corrected chi connectivity index (χ0v) is 48.4. The number of rotatable bonds is 21. The minimum absolute atomic E-state index is 0. The molecule has 37 heteroatoms. The molecule has 0 aliphatic rings. The number of carboxylic acid groups (broad SMARTS) is 1. The Balaban J connectivity index is 0. The first-order chi connectivity index (χ1) is 27.6. The van der Waals surface area contributed by atoms with Gasteiger partial charge in [-0.25, -0.2) is 33.7 Å². The van der Waals surface area contributed by atoms with E-state index >= 15 is 0 Å². The second-order valence-corrected chi connectivity index (χ2v) is 18.6. The van der Waals surface area contributed by atoms with Gasteiger partial charge in [0.2, 0.25) is 10.4 Å². The third-order valence-corrected chi connectivity index (χ3v) is 12.7. The van der Waals surface area contributed by atoms with Gasteiger partial charge < -0.3 is 40.4 Å². The summed E-state index contributed by atoms with van der Waals surface area (Å²) >= 11 is 0.0726. The van der Waals surface area contributed by atoms with E-state index in [4.69, 9.17) is 5.73 Å². The number of carbonyl (C=O) groups is 1. The zero-order chi connectivity index (χ0) is 43.8. The quantitative estimate of drug-likeness (QED) is 0.00900. The van der Waals surface area contributed by atoms with Gasteiger partial charge in [0.15, 0.2) is 37.7 Å². The van der Waals surface area contributed by atoms with Gasteiger partial charge in [0.05, 0.1) is 84.8 Å². The molecule has 0 saturated heterocycles. The number of carbonyl (C=O) groups excluding carboxylic acids is 1. The van der Waals surface area contributed by atoms with Crippen LogP contribution in [-0.2, 0) is 67.3 Å². The number of phenolic OH excluding ortho intramolecular Hbond substituents is 1. The number of anilines is 1. The van der Waals surface area contributed by atoms with E-state index in [0.717, 1.165) is 48.5 Å². The van der Waals surface area contributed by atoms with Crippen LogP contribution in [0.4, 0.5) is 28.4 Å². The van der Waals surface area contributed by atoms with E-state index in [1.165, 1.54) is 0 Å². The van der Waals surface area contributed by atoms with Crippen LogP contribution in [0.25, 0.3) is 10.8 Å². The number of azo groups is 2. The molecule has 0 fully saturated rings. The number of nitrogens with two attached hydrogens (primary N) is 1. The van der Waals surface area contributed by atoms with Crippen LogP contribution in [0.15, 0.2) is 94.6 Å². The van der Waals surface area contributed by atoms with E-state index in [-0.39, 0.29) is 183 Å². The number of carboxylic acids is 1. The molecule has 4 aromatic carbocycles. The summed E-state index contributed by atoms with van der Waals surface area (Å²) in [7, 11) is -19.3. The number of aromatic carboxylic acids is 1. The third-order valence-electron chi connectivity index (χ3n) is 7.10. The summed E-state index contributed by atoms with van der Waals surface area (Å²) in [5, 5.41) is 64.3. The van der Waals surface area contributed by atoms with Crippen molar-refractivity contribution in [3.05, 3.63) is 60.2 Å². The van der Waals surface area contributed by atoms with Gasteiger partial charge in [-0.1, -0.05) is 6.07 Å². The summed E-state index contributed by atoms with van der Waals surface area (Å²) in [4.78, 5) is 9.31. The Labute approximate surface area is 482 Å². The molecule has 0 aliphatic carbocycles. The summed E-state index contributed by atoms with van der Waals surface area (Å²) in [5.41, 5.74) is 2.13. The molecule has 320 valence electrons. The molecule has 0 aromatic heterocycles. The maximum Gasteiger partial charge on any atom is 1.00 e. The fourth-order valence-electron chi connectivity index (χ4n) is 4.62. The smallest absolute Gasteiger partial charge is 0.744 e. The van der Waals surface area contributed by atoms with E-state index < -0.39 is 130 Å². The summed E-state index contributed by atoms with van der Waals surface area (Å²) in [5.74, 6) is -4.59. The van der Waals surface area contributed by atoms with Crippen LogP contribution in [0.2, 0.25) is 0 Å². The minimum Gasteiger partial charge on any atom is -0.744 e.